The summed E-state index contributed by atoms with van der Waals surface area (Å²) >= 11 is 0. The number of rotatable bonds is 1. The van der Waals surface area contributed by atoms with Gasteiger partial charge in [0.15, 0.2) is 17.1 Å². The molecule has 0 spiro atoms. The van der Waals surface area contributed by atoms with Crippen molar-refractivity contribution in [2.75, 3.05) is 0 Å². The zero-order valence-corrected chi connectivity index (χ0v) is 7.65. The van der Waals surface area contributed by atoms with E-state index in [1.165, 1.54) is 35.2 Å². The van der Waals surface area contributed by atoms with Gasteiger partial charge in [-0.1, -0.05) is 0 Å². The molecule has 0 unspecified atom stereocenters. The summed E-state index contributed by atoms with van der Waals surface area (Å²) < 4.78 is 27.1. The van der Waals surface area contributed by atoms with Gasteiger partial charge >= 0.3 is 0 Å². The molecule has 2 nitrogen and oxygen atoms in total. The van der Waals surface area contributed by atoms with Crippen LogP contribution < -0.4 is 5.43 Å². The molecule has 0 saturated heterocycles. The minimum absolute atomic E-state index is 0.131. The number of hydrogen-bond acceptors (Lipinski definition) is 1. The van der Waals surface area contributed by atoms with Crippen LogP contribution in [0.3, 0.4) is 0 Å². The number of pyridine rings is 1. The third-order valence-electron chi connectivity index (χ3n) is 2.00. The van der Waals surface area contributed by atoms with Crippen molar-refractivity contribution in [2.24, 2.45) is 0 Å². The molecule has 1 aromatic heterocycles. The van der Waals surface area contributed by atoms with Crippen LogP contribution in [0, 0.1) is 11.6 Å². The quantitative estimate of drug-likeness (QED) is 0.702. The van der Waals surface area contributed by atoms with Crippen LogP contribution in [0.1, 0.15) is 0 Å². The molecule has 0 fully saturated rings. The van der Waals surface area contributed by atoms with E-state index in [4.69, 9.17) is 0 Å². The molecule has 0 N–H and O–H groups in total. The standard InChI is InChI=1S/C11H7F2NO/c12-10-2-1-8(7-11(10)13)14-5-3-9(15)4-6-14/h1-7H. The number of hydrogen-bond donors (Lipinski definition) is 0. The lowest BCUT2D eigenvalue weighted by Crippen LogP contribution is -2.02. The van der Waals surface area contributed by atoms with Gasteiger partial charge in [-0.05, 0) is 12.1 Å². The molecule has 0 aliphatic carbocycles. The molecule has 2 rings (SSSR count). The highest BCUT2D eigenvalue weighted by molar-refractivity contribution is 5.32. The van der Waals surface area contributed by atoms with Crippen molar-refractivity contribution < 1.29 is 8.78 Å². The van der Waals surface area contributed by atoms with Crippen LogP contribution in [0.25, 0.3) is 5.69 Å². The Morgan fingerprint density at radius 3 is 2.20 bits per heavy atom. The maximum Gasteiger partial charge on any atom is 0.181 e. The van der Waals surface area contributed by atoms with Gasteiger partial charge in [-0.3, -0.25) is 4.79 Å². The van der Waals surface area contributed by atoms with Crippen molar-refractivity contribution in [3.05, 3.63) is 64.6 Å². The number of aromatic nitrogens is 1. The highest BCUT2D eigenvalue weighted by Crippen LogP contribution is 2.11. The number of nitrogens with zero attached hydrogens (tertiary/aromatic N) is 1. The second-order valence-corrected chi connectivity index (χ2v) is 3.04. The van der Waals surface area contributed by atoms with Crippen molar-refractivity contribution in [2.45, 2.75) is 0 Å². The molecular weight excluding hydrogens is 200 g/mol. The molecule has 0 amide bonds. The summed E-state index contributed by atoms with van der Waals surface area (Å²) in [5.74, 6) is -1.80. The Morgan fingerprint density at radius 1 is 0.933 bits per heavy atom. The highest BCUT2D eigenvalue weighted by Gasteiger charge is 2.02. The Kier molecular flexibility index (Phi) is 2.33. The lowest BCUT2D eigenvalue weighted by atomic mass is 10.3. The molecule has 0 atom stereocenters. The van der Waals surface area contributed by atoms with E-state index in [-0.39, 0.29) is 5.43 Å². The van der Waals surface area contributed by atoms with Crippen LogP contribution in [0.5, 0.6) is 0 Å². The molecule has 4 heteroatoms. The summed E-state index contributed by atoms with van der Waals surface area (Å²) in [4.78, 5) is 10.8. The van der Waals surface area contributed by atoms with Gasteiger partial charge in [0.1, 0.15) is 0 Å². The first-order valence-electron chi connectivity index (χ1n) is 4.30. The fourth-order valence-electron chi connectivity index (χ4n) is 1.23. The SMILES string of the molecule is O=c1ccn(-c2ccc(F)c(F)c2)cc1. The number of benzene rings is 1. The monoisotopic (exact) mass is 207 g/mol. The zero-order valence-electron chi connectivity index (χ0n) is 7.65. The van der Waals surface area contributed by atoms with Gasteiger partial charge in [0.25, 0.3) is 0 Å². The molecule has 0 bridgehead atoms. The van der Waals surface area contributed by atoms with E-state index < -0.39 is 11.6 Å². The van der Waals surface area contributed by atoms with Crippen molar-refractivity contribution in [3.63, 3.8) is 0 Å². The largest absolute Gasteiger partial charge is 0.323 e. The summed E-state index contributed by atoms with van der Waals surface area (Å²) in [6.45, 7) is 0. The Bertz CT molecular complexity index is 528. The Balaban J connectivity index is 2.50. The fourth-order valence-corrected chi connectivity index (χ4v) is 1.23. The van der Waals surface area contributed by atoms with E-state index in [1.54, 1.807) is 0 Å². The summed E-state index contributed by atoms with van der Waals surface area (Å²) in [5, 5.41) is 0. The highest BCUT2D eigenvalue weighted by atomic mass is 19.2. The van der Waals surface area contributed by atoms with Crippen LogP contribution >= 0.6 is 0 Å². The third-order valence-corrected chi connectivity index (χ3v) is 2.00. The predicted molar refractivity (Wildman–Crippen MR) is 52.0 cm³/mol. The van der Waals surface area contributed by atoms with Crippen LogP contribution in [0.4, 0.5) is 8.78 Å². The fraction of sp³-hybridized carbons (Fsp3) is 0. The van der Waals surface area contributed by atoms with Crippen molar-refractivity contribution in [1.82, 2.24) is 4.57 Å². The first-order chi connectivity index (χ1) is 7.16. The van der Waals surface area contributed by atoms with Crippen LogP contribution in [0.15, 0.2) is 47.5 Å². The maximum absolute atomic E-state index is 12.9. The molecule has 76 valence electrons. The van der Waals surface area contributed by atoms with Crippen LogP contribution in [-0.2, 0) is 0 Å². The zero-order chi connectivity index (χ0) is 10.8. The van der Waals surface area contributed by atoms with Crippen molar-refractivity contribution >= 4 is 0 Å². The van der Waals surface area contributed by atoms with E-state index in [9.17, 15) is 13.6 Å². The van der Waals surface area contributed by atoms with Gasteiger partial charge in [-0.2, -0.15) is 0 Å². The summed E-state index contributed by atoms with van der Waals surface area (Å²) in [5.41, 5.74) is 0.336. The van der Waals surface area contributed by atoms with Crippen molar-refractivity contribution in [3.8, 4) is 5.69 Å². The molecular formula is C11H7F2NO. The molecule has 1 aromatic carbocycles. The van der Waals surface area contributed by atoms with Gasteiger partial charge in [0.05, 0.1) is 0 Å². The third kappa shape index (κ3) is 1.93. The van der Waals surface area contributed by atoms with Crippen LogP contribution in [-0.4, -0.2) is 4.57 Å². The number of halogens is 2. The lowest BCUT2D eigenvalue weighted by Gasteiger charge is -2.05. The van der Waals surface area contributed by atoms with Gasteiger partial charge in [-0.15, -0.1) is 0 Å². The predicted octanol–water partition coefficient (Wildman–Crippen LogP) is 2.12. The van der Waals surface area contributed by atoms with Gasteiger partial charge < -0.3 is 4.57 Å². The molecule has 0 saturated carbocycles. The second kappa shape index (κ2) is 3.65. The summed E-state index contributed by atoms with van der Waals surface area (Å²) in [7, 11) is 0. The van der Waals surface area contributed by atoms with Crippen LogP contribution in [0.2, 0.25) is 0 Å². The van der Waals surface area contributed by atoms with Gasteiger partial charge in [0, 0.05) is 36.3 Å². The van der Waals surface area contributed by atoms with E-state index in [2.05, 4.69) is 0 Å². The van der Waals surface area contributed by atoms with Gasteiger partial charge in [0.2, 0.25) is 0 Å². The van der Waals surface area contributed by atoms with Crippen molar-refractivity contribution in [1.29, 1.82) is 0 Å². The molecule has 2 aromatic rings. The Morgan fingerprint density at radius 2 is 1.60 bits per heavy atom. The first kappa shape index (κ1) is 9.58. The van der Waals surface area contributed by atoms with Gasteiger partial charge in [-0.25, -0.2) is 8.78 Å². The topological polar surface area (TPSA) is 22.0 Å². The molecule has 0 aliphatic heterocycles. The van der Waals surface area contributed by atoms with E-state index in [0.717, 1.165) is 12.1 Å². The molecule has 0 aliphatic rings. The minimum Gasteiger partial charge on any atom is -0.323 e. The summed E-state index contributed by atoms with van der Waals surface area (Å²) in [6, 6.07) is 6.24. The smallest absolute Gasteiger partial charge is 0.181 e. The minimum atomic E-state index is -0.911. The van der Waals surface area contributed by atoms with E-state index >= 15 is 0 Å². The lowest BCUT2D eigenvalue weighted by molar-refractivity contribution is 0.508. The molecule has 0 radical (unpaired) electrons. The van der Waals surface area contributed by atoms with E-state index in [1.807, 2.05) is 0 Å². The average Bonchev–Trinajstić information content (AvgIpc) is 2.23. The summed E-state index contributed by atoms with van der Waals surface area (Å²) in [6.07, 6.45) is 2.99. The maximum atomic E-state index is 12.9. The normalized spacial score (nSPS) is 10.3. The molecule has 1 heterocycles. The first-order valence-corrected chi connectivity index (χ1v) is 4.30. The Labute approximate surface area is 84.4 Å². The second-order valence-electron chi connectivity index (χ2n) is 3.04. The van der Waals surface area contributed by atoms with E-state index in [0.29, 0.717) is 5.69 Å². The molecule has 15 heavy (non-hydrogen) atoms. The Hall–Kier alpha value is -1.97. The average molecular weight is 207 g/mol.